The van der Waals surface area contributed by atoms with Crippen molar-refractivity contribution < 1.29 is 22.7 Å². The summed E-state index contributed by atoms with van der Waals surface area (Å²) in [6.45, 7) is 6.33. The molecular weight excluding hydrogens is 373 g/mol. The van der Waals surface area contributed by atoms with Crippen LogP contribution in [0, 0.1) is 0 Å². The number of carbonyl (C=O) groups is 1. The number of nitrogens with zero attached hydrogens (tertiary/aromatic N) is 2. The number of halogens is 3. The molecule has 0 aliphatic carbocycles. The molecule has 0 spiro atoms. The van der Waals surface area contributed by atoms with Crippen molar-refractivity contribution in [2.24, 2.45) is 4.99 Å². The van der Waals surface area contributed by atoms with Crippen molar-refractivity contribution in [3.8, 4) is 0 Å². The van der Waals surface area contributed by atoms with Crippen molar-refractivity contribution >= 4 is 11.9 Å². The standard InChI is InChI=1S/C19H27F3N4O2/c1-3-8-24-17(27)12-25-18(23-4-2)26-9-10-28-16(13-26)14-6-5-7-15(11-14)19(20,21)22/h5-7,11,16H,3-4,8-10,12-13H2,1-2H3,(H,23,25)(H,24,27). The number of hydrogen-bond acceptors (Lipinski definition) is 3. The van der Waals surface area contributed by atoms with E-state index < -0.39 is 17.8 Å². The van der Waals surface area contributed by atoms with Gasteiger partial charge in [0.2, 0.25) is 5.91 Å². The highest BCUT2D eigenvalue weighted by Crippen LogP contribution is 2.32. The van der Waals surface area contributed by atoms with Crippen molar-refractivity contribution in [3.63, 3.8) is 0 Å². The van der Waals surface area contributed by atoms with Crippen LogP contribution in [0.15, 0.2) is 29.3 Å². The number of ether oxygens (including phenoxy) is 1. The Morgan fingerprint density at radius 2 is 2.11 bits per heavy atom. The normalized spacial score (nSPS) is 18.1. The molecule has 2 rings (SSSR count). The topological polar surface area (TPSA) is 66.0 Å². The van der Waals surface area contributed by atoms with Gasteiger partial charge in [0.05, 0.1) is 18.7 Å². The Bertz CT molecular complexity index is 679. The van der Waals surface area contributed by atoms with Gasteiger partial charge in [0.25, 0.3) is 0 Å². The fourth-order valence-corrected chi connectivity index (χ4v) is 2.85. The number of benzene rings is 1. The highest BCUT2D eigenvalue weighted by molar-refractivity contribution is 5.85. The summed E-state index contributed by atoms with van der Waals surface area (Å²) < 4.78 is 44.7. The number of nitrogens with one attached hydrogen (secondary N) is 2. The van der Waals surface area contributed by atoms with Crippen LogP contribution in [-0.4, -0.2) is 56.1 Å². The molecule has 2 N–H and O–H groups in total. The Morgan fingerprint density at radius 1 is 1.32 bits per heavy atom. The van der Waals surface area contributed by atoms with Crippen LogP contribution in [0.4, 0.5) is 13.2 Å². The summed E-state index contributed by atoms with van der Waals surface area (Å²) in [7, 11) is 0. The second kappa shape index (κ2) is 10.3. The van der Waals surface area contributed by atoms with Crippen LogP contribution in [0.25, 0.3) is 0 Å². The van der Waals surface area contributed by atoms with E-state index in [2.05, 4.69) is 15.6 Å². The highest BCUT2D eigenvalue weighted by Gasteiger charge is 2.32. The molecule has 156 valence electrons. The molecule has 1 amide bonds. The van der Waals surface area contributed by atoms with E-state index in [0.29, 0.717) is 44.3 Å². The van der Waals surface area contributed by atoms with Gasteiger partial charge in [0.15, 0.2) is 5.96 Å². The molecule has 0 aromatic heterocycles. The molecule has 0 bridgehead atoms. The predicted octanol–water partition coefficient (Wildman–Crippen LogP) is 2.57. The molecule has 9 heteroatoms. The minimum atomic E-state index is -4.40. The molecule has 6 nitrogen and oxygen atoms in total. The van der Waals surface area contributed by atoms with Crippen molar-refractivity contribution in [3.05, 3.63) is 35.4 Å². The largest absolute Gasteiger partial charge is 0.416 e. The third-order valence-corrected chi connectivity index (χ3v) is 4.23. The average molecular weight is 400 g/mol. The number of carbonyl (C=O) groups excluding carboxylic acids is 1. The van der Waals surface area contributed by atoms with E-state index in [0.717, 1.165) is 18.6 Å². The monoisotopic (exact) mass is 400 g/mol. The Morgan fingerprint density at radius 3 is 2.79 bits per heavy atom. The number of guanidine groups is 1. The lowest BCUT2D eigenvalue weighted by atomic mass is 10.0. The second-order valence-electron chi connectivity index (χ2n) is 6.45. The molecule has 1 heterocycles. The van der Waals surface area contributed by atoms with Crippen molar-refractivity contribution in [2.45, 2.75) is 32.5 Å². The molecule has 28 heavy (non-hydrogen) atoms. The number of rotatable bonds is 6. The Labute approximate surface area is 163 Å². The molecule has 1 aromatic carbocycles. The fraction of sp³-hybridized carbons (Fsp3) is 0.579. The molecule has 1 aliphatic heterocycles. The molecular formula is C19H27F3N4O2. The third kappa shape index (κ3) is 6.40. The van der Waals surface area contributed by atoms with Gasteiger partial charge in [-0.25, -0.2) is 4.99 Å². The van der Waals surface area contributed by atoms with Crippen molar-refractivity contribution in [2.75, 3.05) is 39.3 Å². The lowest BCUT2D eigenvalue weighted by molar-refractivity contribution is -0.137. The third-order valence-electron chi connectivity index (χ3n) is 4.23. The molecule has 0 radical (unpaired) electrons. The van der Waals surface area contributed by atoms with Gasteiger partial charge in [-0.05, 0) is 31.0 Å². The minimum Gasteiger partial charge on any atom is -0.370 e. The van der Waals surface area contributed by atoms with E-state index >= 15 is 0 Å². The molecule has 1 unspecified atom stereocenters. The summed E-state index contributed by atoms with van der Waals surface area (Å²) >= 11 is 0. The van der Waals surface area contributed by atoms with Crippen molar-refractivity contribution in [1.82, 2.24) is 15.5 Å². The van der Waals surface area contributed by atoms with Crippen LogP contribution < -0.4 is 10.6 Å². The Kier molecular flexibility index (Phi) is 8.10. The predicted molar refractivity (Wildman–Crippen MR) is 101 cm³/mol. The van der Waals surface area contributed by atoms with Crippen LogP contribution in [-0.2, 0) is 15.7 Å². The number of aliphatic imine (C=N–C) groups is 1. The minimum absolute atomic E-state index is 0.00604. The maximum absolute atomic E-state index is 13.0. The van der Waals surface area contributed by atoms with Crippen molar-refractivity contribution in [1.29, 1.82) is 0 Å². The van der Waals surface area contributed by atoms with E-state index in [4.69, 9.17) is 4.74 Å². The van der Waals surface area contributed by atoms with Gasteiger partial charge in [0, 0.05) is 19.6 Å². The summed E-state index contributed by atoms with van der Waals surface area (Å²) in [4.78, 5) is 18.1. The molecule has 1 saturated heterocycles. The zero-order valence-corrected chi connectivity index (χ0v) is 16.2. The first kappa shape index (κ1) is 22.0. The maximum Gasteiger partial charge on any atom is 0.416 e. The summed E-state index contributed by atoms with van der Waals surface area (Å²) in [6.07, 6.45) is -4.06. The average Bonchev–Trinajstić information content (AvgIpc) is 2.69. The number of hydrogen-bond donors (Lipinski definition) is 2. The van der Waals surface area contributed by atoms with Crippen LogP contribution in [0.3, 0.4) is 0 Å². The van der Waals surface area contributed by atoms with Gasteiger partial charge < -0.3 is 20.3 Å². The molecule has 1 fully saturated rings. The van der Waals surface area contributed by atoms with Gasteiger partial charge in [-0.15, -0.1) is 0 Å². The number of alkyl halides is 3. The van der Waals surface area contributed by atoms with Crippen LogP contribution >= 0.6 is 0 Å². The van der Waals surface area contributed by atoms with E-state index in [-0.39, 0.29) is 12.5 Å². The number of morpholine rings is 1. The number of amides is 1. The summed E-state index contributed by atoms with van der Waals surface area (Å²) in [5.41, 5.74) is -0.227. The van der Waals surface area contributed by atoms with Gasteiger partial charge in [-0.3, -0.25) is 4.79 Å². The first-order valence-electron chi connectivity index (χ1n) is 9.43. The quantitative estimate of drug-likeness (QED) is 0.569. The van der Waals surface area contributed by atoms with E-state index in [1.807, 2.05) is 18.7 Å². The zero-order chi connectivity index (χ0) is 20.6. The first-order chi connectivity index (χ1) is 13.3. The van der Waals surface area contributed by atoms with Gasteiger partial charge >= 0.3 is 6.18 Å². The Hall–Kier alpha value is -2.29. The maximum atomic E-state index is 13.0. The van der Waals surface area contributed by atoms with Crippen LogP contribution in [0.5, 0.6) is 0 Å². The Balaban J connectivity index is 2.10. The molecule has 1 aliphatic rings. The highest BCUT2D eigenvalue weighted by atomic mass is 19.4. The lowest BCUT2D eigenvalue weighted by Crippen LogP contribution is -2.48. The van der Waals surface area contributed by atoms with E-state index in [1.165, 1.54) is 6.07 Å². The second-order valence-corrected chi connectivity index (χ2v) is 6.45. The van der Waals surface area contributed by atoms with Crippen LogP contribution in [0.1, 0.15) is 37.5 Å². The van der Waals surface area contributed by atoms with E-state index in [1.54, 1.807) is 6.07 Å². The SMILES string of the molecule is CCCNC(=O)CN=C(NCC)N1CCOC(c2cccc(C(F)(F)F)c2)C1. The fourth-order valence-electron chi connectivity index (χ4n) is 2.85. The first-order valence-corrected chi connectivity index (χ1v) is 9.43. The summed E-state index contributed by atoms with van der Waals surface area (Å²) in [5.74, 6) is 0.384. The van der Waals surface area contributed by atoms with Gasteiger partial charge in [-0.2, -0.15) is 13.2 Å². The van der Waals surface area contributed by atoms with E-state index in [9.17, 15) is 18.0 Å². The zero-order valence-electron chi connectivity index (χ0n) is 16.2. The lowest BCUT2D eigenvalue weighted by Gasteiger charge is -2.35. The van der Waals surface area contributed by atoms with Crippen LogP contribution in [0.2, 0.25) is 0 Å². The summed E-state index contributed by atoms with van der Waals surface area (Å²) in [5, 5.41) is 5.90. The summed E-state index contributed by atoms with van der Waals surface area (Å²) in [6, 6.07) is 5.18. The smallest absolute Gasteiger partial charge is 0.370 e. The molecule has 1 atom stereocenters. The molecule has 1 aromatic rings. The van der Waals surface area contributed by atoms with Gasteiger partial charge in [0.1, 0.15) is 12.6 Å². The molecule has 0 saturated carbocycles. The van der Waals surface area contributed by atoms with Gasteiger partial charge in [-0.1, -0.05) is 19.1 Å².